The summed E-state index contributed by atoms with van der Waals surface area (Å²) in [7, 11) is 0. The Labute approximate surface area is 114 Å². The van der Waals surface area contributed by atoms with Gasteiger partial charge in [-0.15, -0.1) is 0 Å². The summed E-state index contributed by atoms with van der Waals surface area (Å²) in [5.41, 5.74) is 1.36. The van der Waals surface area contributed by atoms with Gasteiger partial charge in [0.1, 0.15) is 0 Å². The lowest BCUT2D eigenvalue weighted by Crippen LogP contribution is -2.29. The minimum absolute atomic E-state index is 0.678. The van der Waals surface area contributed by atoms with Crippen LogP contribution in [0.4, 0.5) is 0 Å². The van der Waals surface area contributed by atoms with E-state index in [0.29, 0.717) is 6.04 Å². The van der Waals surface area contributed by atoms with E-state index in [2.05, 4.69) is 36.3 Å². The molecular formula is C16H32N2. The minimum Gasteiger partial charge on any atom is -0.314 e. The highest BCUT2D eigenvalue weighted by Crippen LogP contribution is 1.99. The van der Waals surface area contributed by atoms with Gasteiger partial charge in [0.2, 0.25) is 0 Å². The van der Waals surface area contributed by atoms with Gasteiger partial charge in [-0.2, -0.15) is 0 Å². The normalized spacial score (nSPS) is 9.06. The quantitative estimate of drug-likeness (QED) is 0.809. The van der Waals surface area contributed by atoms with Crippen LogP contribution in [0.2, 0.25) is 0 Å². The van der Waals surface area contributed by atoms with Crippen molar-refractivity contribution < 1.29 is 0 Å². The maximum Gasteiger partial charge on any atom is 0.0270 e. The van der Waals surface area contributed by atoms with Crippen LogP contribution in [0.5, 0.6) is 0 Å². The Kier molecular flexibility index (Phi) is 17.4. The Hall–Kier alpha value is -0.890. The zero-order valence-corrected chi connectivity index (χ0v) is 13.2. The van der Waals surface area contributed by atoms with Gasteiger partial charge in [-0.3, -0.25) is 4.98 Å². The second-order valence-corrected chi connectivity index (χ2v) is 3.57. The molecule has 0 amide bonds. The molecule has 2 nitrogen and oxygen atoms in total. The van der Waals surface area contributed by atoms with Crippen LogP contribution in [0.1, 0.15) is 59.9 Å². The molecule has 1 aromatic heterocycles. The van der Waals surface area contributed by atoms with Crippen molar-refractivity contribution >= 4 is 0 Å². The Bertz CT molecular complexity index is 230. The molecule has 0 bridgehead atoms. The van der Waals surface area contributed by atoms with Crippen LogP contribution in [-0.4, -0.2) is 17.6 Å². The predicted octanol–water partition coefficient (Wildman–Crippen LogP) is 4.45. The fraction of sp³-hybridized carbons (Fsp3) is 0.688. The lowest BCUT2D eigenvalue weighted by molar-refractivity contribution is 0.488. The molecule has 0 spiro atoms. The minimum atomic E-state index is 0.678. The Morgan fingerprint density at radius 2 is 1.50 bits per heavy atom. The maximum absolute atomic E-state index is 4.00. The molecule has 0 aromatic carbocycles. The van der Waals surface area contributed by atoms with Gasteiger partial charge in [-0.25, -0.2) is 0 Å². The van der Waals surface area contributed by atoms with Crippen LogP contribution in [0.15, 0.2) is 24.5 Å². The van der Waals surface area contributed by atoms with E-state index in [1.165, 1.54) is 18.4 Å². The molecule has 1 N–H and O–H groups in total. The van der Waals surface area contributed by atoms with Crippen LogP contribution in [0.25, 0.3) is 0 Å². The van der Waals surface area contributed by atoms with E-state index in [1.54, 1.807) is 0 Å². The SMILES string of the molecule is CC.CC.CCC(CC)NCCc1ccncc1. The molecule has 0 saturated heterocycles. The number of nitrogens with one attached hydrogen (secondary N) is 1. The summed E-state index contributed by atoms with van der Waals surface area (Å²) in [6.45, 7) is 13.5. The van der Waals surface area contributed by atoms with Gasteiger partial charge in [0.15, 0.2) is 0 Å². The van der Waals surface area contributed by atoms with Crippen LogP contribution >= 0.6 is 0 Å². The molecule has 1 aromatic rings. The van der Waals surface area contributed by atoms with Gasteiger partial charge >= 0.3 is 0 Å². The third-order valence-corrected chi connectivity index (χ3v) is 2.58. The zero-order chi connectivity index (χ0) is 14.2. The molecular weight excluding hydrogens is 220 g/mol. The molecule has 1 heterocycles. The standard InChI is InChI=1S/C12H20N2.2C2H6/c1-3-12(4-2)14-10-7-11-5-8-13-9-6-11;2*1-2/h5-6,8-9,12,14H,3-4,7,10H2,1-2H3;2*1-2H3. The topological polar surface area (TPSA) is 24.9 Å². The first-order valence-corrected chi connectivity index (χ1v) is 7.49. The van der Waals surface area contributed by atoms with Gasteiger partial charge in [0, 0.05) is 18.4 Å². The van der Waals surface area contributed by atoms with E-state index in [4.69, 9.17) is 0 Å². The van der Waals surface area contributed by atoms with Crippen LogP contribution in [-0.2, 0) is 6.42 Å². The second kappa shape index (κ2) is 16.1. The molecule has 0 fully saturated rings. The fourth-order valence-corrected chi connectivity index (χ4v) is 1.55. The summed E-state index contributed by atoms with van der Waals surface area (Å²) in [5.74, 6) is 0. The highest BCUT2D eigenvalue weighted by atomic mass is 14.9. The number of hydrogen-bond acceptors (Lipinski definition) is 2. The number of rotatable bonds is 6. The number of nitrogens with zero attached hydrogens (tertiary/aromatic N) is 1. The lowest BCUT2D eigenvalue weighted by Gasteiger charge is -2.14. The van der Waals surface area contributed by atoms with Crippen molar-refractivity contribution in [3.8, 4) is 0 Å². The molecule has 0 unspecified atom stereocenters. The Morgan fingerprint density at radius 3 is 1.94 bits per heavy atom. The summed E-state index contributed by atoms with van der Waals surface area (Å²) in [6.07, 6.45) is 7.23. The van der Waals surface area contributed by atoms with E-state index in [0.717, 1.165) is 13.0 Å². The van der Waals surface area contributed by atoms with Crippen molar-refractivity contribution in [1.82, 2.24) is 10.3 Å². The van der Waals surface area contributed by atoms with E-state index >= 15 is 0 Å². The predicted molar refractivity (Wildman–Crippen MR) is 83.0 cm³/mol. The van der Waals surface area contributed by atoms with Crippen molar-refractivity contribution in [3.63, 3.8) is 0 Å². The lowest BCUT2D eigenvalue weighted by atomic mass is 10.1. The van der Waals surface area contributed by atoms with Gasteiger partial charge in [-0.1, -0.05) is 41.5 Å². The number of aromatic nitrogens is 1. The summed E-state index contributed by atoms with van der Waals surface area (Å²) in [6, 6.07) is 4.83. The van der Waals surface area contributed by atoms with Crippen molar-refractivity contribution in [2.75, 3.05) is 6.54 Å². The third kappa shape index (κ3) is 10.3. The summed E-state index contributed by atoms with van der Waals surface area (Å²) >= 11 is 0. The summed E-state index contributed by atoms with van der Waals surface area (Å²) in [4.78, 5) is 4.00. The van der Waals surface area contributed by atoms with Crippen LogP contribution in [0.3, 0.4) is 0 Å². The Balaban J connectivity index is 0. The average Bonchev–Trinajstić information content (AvgIpc) is 2.49. The highest BCUT2D eigenvalue weighted by Gasteiger charge is 2.00. The molecule has 0 aliphatic carbocycles. The molecule has 0 saturated carbocycles. The average molecular weight is 252 g/mol. The number of pyridine rings is 1. The first-order valence-electron chi connectivity index (χ1n) is 7.49. The molecule has 0 aliphatic heterocycles. The summed E-state index contributed by atoms with van der Waals surface area (Å²) in [5, 5.41) is 3.55. The molecule has 18 heavy (non-hydrogen) atoms. The Morgan fingerprint density at radius 1 is 1.00 bits per heavy atom. The van der Waals surface area contributed by atoms with Gasteiger partial charge < -0.3 is 5.32 Å². The van der Waals surface area contributed by atoms with Crippen molar-refractivity contribution in [2.24, 2.45) is 0 Å². The van der Waals surface area contributed by atoms with E-state index in [9.17, 15) is 0 Å². The van der Waals surface area contributed by atoms with Gasteiger partial charge in [-0.05, 0) is 43.5 Å². The van der Waals surface area contributed by atoms with Crippen LogP contribution < -0.4 is 5.32 Å². The van der Waals surface area contributed by atoms with Crippen molar-refractivity contribution in [3.05, 3.63) is 30.1 Å². The van der Waals surface area contributed by atoms with E-state index in [1.807, 2.05) is 40.1 Å². The maximum atomic E-state index is 4.00. The molecule has 2 heteroatoms. The summed E-state index contributed by atoms with van der Waals surface area (Å²) < 4.78 is 0. The van der Waals surface area contributed by atoms with Gasteiger partial charge in [0.25, 0.3) is 0 Å². The molecule has 0 atom stereocenters. The first kappa shape index (κ1) is 19.4. The van der Waals surface area contributed by atoms with Crippen molar-refractivity contribution in [2.45, 2.75) is 66.8 Å². The molecule has 0 radical (unpaired) electrons. The fourth-order valence-electron chi connectivity index (χ4n) is 1.55. The molecule has 0 aliphatic rings. The third-order valence-electron chi connectivity index (χ3n) is 2.58. The van der Waals surface area contributed by atoms with E-state index < -0.39 is 0 Å². The zero-order valence-electron chi connectivity index (χ0n) is 13.2. The largest absolute Gasteiger partial charge is 0.314 e. The number of hydrogen-bond donors (Lipinski definition) is 1. The smallest absolute Gasteiger partial charge is 0.0270 e. The van der Waals surface area contributed by atoms with Gasteiger partial charge in [0.05, 0.1) is 0 Å². The van der Waals surface area contributed by atoms with E-state index in [-0.39, 0.29) is 0 Å². The highest BCUT2D eigenvalue weighted by molar-refractivity contribution is 5.09. The van der Waals surface area contributed by atoms with Crippen LogP contribution in [0, 0.1) is 0 Å². The monoisotopic (exact) mass is 252 g/mol. The van der Waals surface area contributed by atoms with Crippen molar-refractivity contribution in [1.29, 1.82) is 0 Å². The molecule has 1 rings (SSSR count). The molecule has 106 valence electrons. The second-order valence-electron chi connectivity index (χ2n) is 3.57. The first-order chi connectivity index (χ1) is 8.86.